The van der Waals surface area contributed by atoms with Gasteiger partial charge in [-0.05, 0) is 0 Å². The van der Waals surface area contributed by atoms with Crippen molar-refractivity contribution in [2.24, 2.45) is 0 Å². The Morgan fingerprint density at radius 2 is 1.00 bits per heavy atom. The van der Waals surface area contributed by atoms with Gasteiger partial charge in [0.05, 0.1) is 0 Å². The molecule has 0 aromatic carbocycles. The first-order valence-electron chi connectivity index (χ1n) is 4.46. The smallest absolute Gasteiger partial charge is 0.679 e. The topological polar surface area (TPSA) is 113 Å². The van der Waals surface area contributed by atoms with Gasteiger partial charge in [0.1, 0.15) is 0 Å². The minimum atomic E-state index is 0. The molecule has 0 aliphatic heterocycles. The van der Waals surface area contributed by atoms with Crippen LogP contribution in [0.15, 0.2) is 0 Å². The number of nitrogens with one attached hydrogen (secondary N) is 2. The summed E-state index contributed by atoms with van der Waals surface area (Å²) in [5.74, 6) is 0. The van der Waals surface area contributed by atoms with Gasteiger partial charge in [0.2, 0.25) is 0 Å². The fraction of sp³-hybridized carbons (Fsp3) is 0.700. The summed E-state index contributed by atoms with van der Waals surface area (Å²) >= 11 is 0. The molecule has 0 unspecified atom stereocenters. The summed E-state index contributed by atoms with van der Waals surface area (Å²) in [6.07, 6.45) is 1.25. The molecule has 0 saturated carbocycles. The van der Waals surface area contributed by atoms with Crippen molar-refractivity contribution in [3.63, 3.8) is 0 Å². The van der Waals surface area contributed by atoms with Crippen LogP contribution in [0.3, 0.4) is 0 Å². The van der Waals surface area contributed by atoms with Crippen molar-refractivity contribution >= 4 is 20.4 Å². The molecule has 0 aromatic heterocycles. The predicted molar refractivity (Wildman–Crippen MR) is 67.7 cm³/mol. The van der Waals surface area contributed by atoms with Gasteiger partial charge in [0.15, 0.2) is 0 Å². The van der Waals surface area contributed by atoms with E-state index < -0.39 is 0 Å². The van der Waals surface area contributed by atoms with Crippen LogP contribution in [0.25, 0.3) is 16.8 Å². The first kappa shape index (κ1) is 36.0. The molecule has 0 saturated heterocycles. The molecule has 2 N–H and O–H groups in total. The minimum Gasteiger partial charge on any atom is -0.679 e. The monoisotopic (exact) mass is 328 g/mol. The zero-order chi connectivity index (χ0) is 14.2. The second-order valence-electron chi connectivity index (χ2n) is 1.88. The normalized spacial score (nSPS) is 5.65. The van der Waals surface area contributed by atoms with Crippen molar-refractivity contribution in [3.05, 3.63) is 16.8 Å². The van der Waals surface area contributed by atoms with Gasteiger partial charge in [-0.2, -0.15) is 26.2 Å². The van der Waals surface area contributed by atoms with Crippen LogP contribution >= 0.6 is 0 Å². The predicted octanol–water partition coefficient (Wildman–Crippen LogP) is 2.06. The maximum atomic E-state index is 7.75. The van der Waals surface area contributed by atoms with Gasteiger partial charge < -0.3 is 31.2 Å². The molecule has 7 heteroatoms. The molecular formula is C10H21N3O3Tc. The third-order valence-electron chi connectivity index (χ3n) is 0.540. The molecule has 0 rings (SSSR count). The van der Waals surface area contributed by atoms with E-state index in [0.717, 1.165) is 0 Å². The van der Waals surface area contributed by atoms with Crippen molar-refractivity contribution in [3.8, 4) is 0 Å². The summed E-state index contributed by atoms with van der Waals surface area (Å²) in [6.45, 7) is 15.9. The third kappa shape index (κ3) is 227. The number of carbonyl (C=O) groups excluding carboxylic acids is 3. The van der Waals surface area contributed by atoms with E-state index in [9.17, 15) is 0 Å². The molecule has 1 radical (unpaired) electrons. The zero-order valence-corrected chi connectivity index (χ0v) is 12.2. The Morgan fingerprint density at radius 1 is 0.824 bits per heavy atom. The van der Waals surface area contributed by atoms with Crippen molar-refractivity contribution < 1.29 is 34.5 Å². The first-order valence-corrected chi connectivity index (χ1v) is 4.46. The molecule has 0 atom stereocenters. The van der Waals surface area contributed by atoms with E-state index in [1.165, 1.54) is 6.42 Å². The van der Waals surface area contributed by atoms with E-state index in [-0.39, 0.29) is 20.1 Å². The van der Waals surface area contributed by atoms with E-state index in [1.807, 2.05) is 0 Å². The number of rotatable bonds is 4. The second-order valence-corrected chi connectivity index (χ2v) is 1.88. The molecular weight excluding hydrogens is 308 g/mol. The Bertz CT molecular complexity index is 75.1. The first-order chi connectivity index (χ1) is 7.83. The van der Waals surface area contributed by atoms with Gasteiger partial charge in [-0.15, -0.1) is 0 Å². The SMILES string of the molecule is CCC.[CH-]=O.[CH-]=O.[CH-]=O.[NH-]CC[N-]CC[NH-].[Tc+6]. The number of hydrogen-bond donors (Lipinski definition) is 0. The largest absolute Gasteiger partial charge is 6.00 e. The van der Waals surface area contributed by atoms with Crippen LogP contribution in [-0.4, -0.2) is 46.5 Å². The van der Waals surface area contributed by atoms with Crippen LogP contribution in [0.1, 0.15) is 20.3 Å². The molecule has 101 valence electrons. The average Bonchev–Trinajstić information content (AvgIpc) is 2.38. The molecule has 0 spiro atoms. The van der Waals surface area contributed by atoms with Gasteiger partial charge in [-0.25, -0.2) is 0 Å². The third-order valence-corrected chi connectivity index (χ3v) is 0.540. The second kappa shape index (κ2) is 107. The van der Waals surface area contributed by atoms with Gasteiger partial charge >= 0.3 is 20.1 Å². The fourth-order valence-corrected chi connectivity index (χ4v) is 0.270. The Morgan fingerprint density at radius 3 is 1.12 bits per heavy atom. The average molecular weight is 329 g/mol. The van der Waals surface area contributed by atoms with Gasteiger partial charge in [0, 0.05) is 0 Å². The maximum absolute atomic E-state index is 7.75. The Kier molecular flexibility index (Phi) is 226. The van der Waals surface area contributed by atoms with Crippen molar-refractivity contribution in [1.29, 1.82) is 0 Å². The molecule has 0 aromatic rings. The van der Waals surface area contributed by atoms with E-state index >= 15 is 0 Å². The van der Waals surface area contributed by atoms with Crippen LogP contribution in [0.4, 0.5) is 0 Å². The molecule has 0 aliphatic rings. The Labute approximate surface area is 118 Å². The van der Waals surface area contributed by atoms with Gasteiger partial charge in [0.25, 0.3) is 0 Å². The van der Waals surface area contributed by atoms with Gasteiger partial charge in [-0.3, -0.25) is 20.4 Å². The molecule has 0 amide bonds. The molecule has 0 aliphatic carbocycles. The number of nitrogens with zero attached hydrogens (tertiary/aromatic N) is 1. The Hall–Kier alpha value is -0.461. The van der Waals surface area contributed by atoms with E-state index in [4.69, 9.17) is 25.9 Å². The molecule has 0 bridgehead atoms. The van der Waals surface area contributed by atoms with E-state index in [0.29, 0.717) is 26.2 Å². The summed E-state index contributed by atoms with van der Waals surface area (Å²) in [5, 5.41) is 3.83. The van der Waals surface area contributed by atoms with Crippen LogP contribution in [0.5, 0.6) is 0 Å². The standard InChI is InChI=1S/C4H10N3.C3H8.3CHO.Tc/c5-1-3-7-4-2-6;1-3-2;3*1-2;/h5-6H,1-4H2;3H2,1-2H3;3*1H;/q-3;;3*-1;+6. The molecule has 0 heterocycles. The zero-order valence-electron chi connectivity index (χ0n) is 10.3. The molecule has 0 fully saturated rings. The molecule has 17 heavy (non-hydrogen) atoms. The quantitative estimate of drug-likeness (QED) is 0.447. The van der Waals surface area contributed by atoms with Crippen LogP contribution < -0.4 is 0 Å². The maximum Gasteiger partial charge on any atom is 6.00 e. The van der Waals surface area contributed by atoms with Crippen LogP contribution in [0.2, 0.25) is 0 Å². The van der Waals surface area contributed by atoms with E-state index in [2.05, 4.69) is 39.5 Å². The van der Waals surface area contributed by atoms with Crippen molar-refractivity contribution in [2.45, 2.75) is 20.3 Å². The van der Waals surface area contributed by atoms with Crippen LogP contribution in [0, 0.1) is 0 Å². The summed E-state index contributed by atoms with van der Waals surface area (Å²) < 4.78 is 0. The Balaban J connectivity index is -0.0000000259. The van der Waals surface area contributed by atoms with Crippen LogP contribution in [-0.2, 0) is 34.5 Å². The van der Waals surface area contributed by atoms with Crippen molar-refractivity contribution in [1.82, 2.24) is 0 Å². The molecule has 6 nitrogen and oxygen atoms in total. The van der Waals surface area contributed by atoms with E-state index in [1.54, 1.807) is 0 Å². The van der Waals surface area contributed by atoms with Crippen molar-refractivity contribution in [2.75, 3.05) is 26.2 Å². The minimum absolute atomic E-state index is 0. The summed E-state index contributed by atoms with van der Waals surface area (Å²) in [6, 6.07) is 0. The summed E-state index contributed by atoms with van der Waals surface area (Å²) in [7, 11) is 0. The number of hydrogen-bond acceptors (Lipinski definition) is 3. The van der Waals surface area contributed by atoms with Gasteiger partial charge in [-0.1, -0.05) is 20.3 Å². The summed E-state index contributed by atoms with van der Waals surface area (Å²) in [5.41, 5.74) is 13.3. The fourth-order valence-electron chi connectivity index (χ4n) is 0.270. The summed E-state index contributed by atoms with van der Waals surface area (Å²) in [4.78, 5) is 23.2.